The summed E-state index contributed by atoms with van der Waals surface area (Å²) in [6, 6.07) is 8.41. The number of nitrogens with zero attached hydrogens (tertiary/aromatic N) is 2. The van der Waals surface area contributed by atoms with Crippen molar-refractivity contribution in [3.63, 3.8) is 0 Å². The molecule has 1 atom stereocenters. The topological polar surface area (TPSA) is 34.2 Å². The molecule has 1 aromatic rings. The largest absolute Gasteiger partial charge is 0.489 e. The minimum atomic E-state index is 0.373. The Labute approximate surface area is 176 Å². The molecule has 2 saturated heterocycles. The Morgan fingerprint density at radius 1 is 1.21 bits per heavy atom. The highest BCUT2D eigenvalue weighted by atomic mass is 16.5. The molecule has 0 radical (unpaired) electrons. The first-order chi connectivity index (χ1) is 14.3. The van der Waals surface area contributed by atoms with Gasteiger partial charge in [0.15, 0.2) is 0 Å². The van der Waals surface area contributed by atoms with Crippen molar-refractivity contribution in [3.8, 4) is 5.75 Å². The van der Waals surface area contributed by atoms with Gasteiger partial charge in [0.05, 0.1) is 12.7 Å². The fourth-order valence-corrected chi connectivity index (χ4v) is 4.42. The summed E-state index contributed by atoms with van der Waals surface area (Å²) in [5.41, 5.74) is 1.25. The summed E-state index contributed by atoms with van der Waals surface area (Å²) in [4.78, 5) is 5.13. The van der Waals surface area contributed by atoms with E-state index in [0.717, 1.165) is 51.1 Å². The first-order valence-corrected chi connectivity index (χ1v) is 11.2. The highest BCUT2D eigenvalue weighted by molar-refractivity contribution is 5.33. The molecule has 1 aromatic carbocycles. The summed E-state index contributed by atoms with van der Waals surface area (Å²) in [6.45, 7) is 12.5. The average Bonchev–Trinajstić information content (AvgIpc) is 3.25. The number of hydrogen-bond acceptors (Lipinski definition) is 5. The summed E-state index contributed by atoms with van der Waals surface area (Å²) in [5, 5.41) is 0. The molecule has 5 heteroatoms. The van der Waals surface area contributed by atoms with E-state index in [0.29, 0.717) is 12.7 Å². The molecule has 0 saturated carbocycles. The minimum absolute atomic E-state index is 0.373. The first kappa shape index (κ1) is 22.3. The zero-order chi connectivity index (χ0) is 20.3. The van der Waals surface area contributed by atoms with Crippen molar-refractivity contribution in [1.29, 1.82) is 0 Å². The van der Waals surface area contributed by atoms with Gasteiger partial charge in [-0.05, 0) is 50.8 Å². The van der Waals surface area contributed by atoms with Crippen molar-refractivity contribution in [1.82, 2.24) is 9.80 Å². The summed E-state index contributed by atoms with van der Waals surface area (Å²) < 4.78 is 17.1. The number of para-hydroxylation sites is 1. The van der Waals surface area contributed by atoms with E-state index in [1.807, 2.05) is 6.07 Å². The lowest BCUT2D eigenvalue weighted by Crippen LogP contribution is -2.41. The van der Waals surface area contributed by atoms with Gasteiger partial charge in [0, 0.05) is 45.5 Å². The third kappa shape index (κ3) is 7.41. The van der Waals surface area contributed by atoms with Crippen LogP contribution in [-0.4, -0.2) is 75.6 Å². The molecule has 0 bridgehead atoms. The van der Waals surface area contributed by atoms with Gasteiger partial charge < -0.3 is 19.1 Å². The van der Waals surface area contributed by atoms with Crippen LogP contribution < -0.4 is 4.74 Å². The maximum absolute atomic E-state index is 5.96. The maximum Gasteiger partial charge on any atom is 0.124 e. The van der Waals surface area contributed by atoms with Gasteiger partial charge >= 0.3 is 0 Å². The molecule has 5 nitrogen and oxygen atoms in total. The second-order valence-corrected chi connectivity index (χ2v) is 8.31. The van der Waals surface area contributed by atoms with Crippen LogP contribution in [-0.2, 0) is 16.0 Å². The summed E-state index contributed by atoms with van der Waals surface area (Å²) in [7, 11) is 1.78. The maximum atomic E-state index is 5.96. The zero-order valence-corrected chi connectivity index (χ0v) is 18.1. The standard InChI is InChI=1S/C24H38N2O3/c1-3-15-29-24-9-5-4-7-22(24)19-26(20-23-8-6-16-28-23)18-21-10-12-25(13-11-21)14-17-27-2/h3-5,7,9,21,23H,1,6,8,10-20H2,2H3. The normalized spacial score (nSPS) is 21.0. The Balaban J connectivity index is 1.59. The Morgan fingerprint density at radius 3 is 2.76 bits per heavy atom. The van der Waals surface area contributed by atoms with Gasteiger partial charge in [0.25, 0.3) is 0 Å². The molecule has 2 aliphatic heterocycles. The van der Waals surface area contributed by atoms with Gasteiger partial charge in [-0.1, -0.05) is 30.9 Å². The predicted octanol–water partition coefficient (Wildman–Crippen LogP) is 3.59. The van der Waals surface area contributed by atoms with Crippen LogP contribution in [0, 0.1) is 5.92 Å². The molecule has 3 rings (SSSR count). The number of rotatable bonds is 12. The molecule has 0 N–H and O–H groups in total. The molecule has 2 fully saturated rings. The third-order valence-corrected chi connectivity index (χ3v) is 6.04. The predicted molar refractivity (Wildman–Crippen MR) is 117 cm³/mol. The van der Waals surface area contributed by atoms with Crippen LogP contribution in [0.25, 0.3) is 0 Å². The van der Waals surface area contributed by atoms with Gasteiger partial charge in [-0.2, -0.15) is 0 Å². The molecule has 0 aliphatic carbocycles. The van der Waals surface area contributed by atoms with Crippen LogP contribution >= 0.6 is 0 Å². The fourth-order valence-electron chi connectivity index (χ4n) is 4.42. The van der Waals surface area contributed by atoms with Crippen LogP contribution in [0.15, 0.2) is 36.9 Å². The second-order valence-electron chi connectivity index (χ2n) is 8.31. The first-order valence-electron chi connectivity index (χ1n) is 11.2. The van der Waals surface area contributed by atoms with Crippen molar-refractivity contribution in [2.75, 3.05) is 59.7 Å². The average molecular weight is 403 g/mol. The van der Waals surface area contributed by atoms with Crippen LogP contribution in [0.4, 0.5) is 0 Å². The molecule has 2 aliphatic rings. The van der Waals surface area contributed by atoms with Gasteiger partial charge in [0.2, 0.25) is 0 Å². The Bertz CT molecular complexity index is 596. The summed E-state index contributed by atoms with van der Waals surface area (Å²) in [6.07, 6.45) is 7.08. The SMILES string of the molecule is C=CCOc1ccccc1CN(CC1CCN(CCOC)CC1)CC1CCCO1. The van der Waals surface area contributed by atoms with Gasteiger partial charge in [0.1, 0.15) is 12.4 Å². The van der Waals surface area contributed by atoms with E-state index < -0.39 is 0 Å². The van der Waals surface area contributed by atoms with E-state index in [2.05, 4.69) is 34.6 Å². The lowest BCUT2D eigenvalue weighted by atomic mass is 9.95. The molecule has 162 valence electrons. The van der Waals surface area contributed by atoms with E-state index >= 15 is 0 Å². The van der Waals surface area contributed by atoms with E-state index in [1.165, 1.54) is 44.3 Å². The fraction of sp³-hybridized carbons (Fsp3) is 0.667. The smallest absolute Gasteiger partial charge is 0.124 e. The van der Waals surface area contributed by atoms with Crippen molar-refractivity contribution >= 4 is 0 Å². The zero-order valence-electron chi connectivity index (χ0n) is 18.1. The van der Waals surface area contributed by atoms with Crippen LogP contribution in [0.3, 0.4) is 0 Å². The van der Waals surface area contributed by atoms with E-state index in [4.69, 9.17) is 14.2 Å². The number of methoxy groups -OCH3 is 1. The quantitative estimate of drug-likeness (QED) is 0.499. The number of piperidine rings is 1. The van der Waals surface area contributed by atoms with Crippen molar-refractivity contribution in [2.24, 2.45) is 5.92 Å². The molecule has 0 aromatic heterocycles. The van der Waals surface area contributed by atoms with Gasteiger partial charge in [-0.25, -0.2) is 0 Å². The summed E-state index contributed by atoms with van der Waals surface area (Å²) in [5.74, 6) is 1.72. The molecular weight excluding hydrogens is 364 g/mol. The molecular formula is C24H38N2O3. The highest BCUT2D eigenvalue weighted by Crippen LogP contribution is 2.25. The second kappa shape index (κ2) is 12.3. The van der Waals surface area contributed by atoms with Crippen LogP contribution in [0.2, 0.25) is 0 Å². The Hall–Kier alpha value is -1.40. The van der Waals surface area contributed by atoms with Gasteiger partial charge in [-0.15, -0.1) is 0 Å². The monoisotopic (exact) mass is 402 g/mol. The number of hydrogen-bond donors (Lipinski definition) is 0. The van der Waals surface area contributed by atoms with Crippen molar-refractivity contribution in [2.45, 2.75) is 38.3 Å². The van der Waals surface area contributed by atoms with E-state index in [1.54, 1.807) is 13.2 Å². The molecule has 0 spiro atoms. The van der Waals surface area contributed by atoms with E-state index in [9.17, 15) is 0 Å². The lowest BCUT2D eigenvalue weighted by molar-refractivity contribution is 0.0548. The van der Waals surface area contributed by atoms with Crippen LogP contribution in [0.1, 0.15) is 31.2 Å². The Kier molecular flexibility index (Phi) is 9.48. The molecule has 1 unspecified atom stereocenters. The van der Waals surface area contributed by atoms with Gasteiger partial charge in [-0.3, -0.25) is 4.90 Å². The number of benzene rings is 1. The third-order valence-electron chi connectivity index (χ3n) is 6.04. The molecule has 2 heterocycles. The Morgan fingerprint density at radius 2 is 2.03 bits per heavy atom. The summed E-state index contributed by atoms with van der Waals surface area (Å²) >= 11 is 0. The van der Waals surface area contributed by atoms with Crippen molar-refractivity contribution in [3.05, 3.63) is 42.5 Å². The number of ether oxygens (including phenoxy) is 3. The number of likely N-dealkylation sites (tertiary alicyclic amines) is 1. The molecule has 29 heavy (non-hydrogen) atoms. The van der Waals surface area contributed by atoms with Crippen molar-refractivity contribution < 1.29 is 14.2 Å². The highest BCUT2D eigenvalue weighted by Gasteiger charge is 2.25. The molecule has 0 amide bonds. The van der Waals surface area contributed by atoms with Crippen LogP contribution in [0.5, 0.6) is 5.75 Å². The minimum Gasteiger partial charge on any atom is -0.489 e. The van der Waals surface area contributed by atoms with E-state index in [-0.39, 0.29) is 0 Å². The lowest BCUT2D eigenvalue weighted by Gasteiger charge is -2.35.